The number of carbonyl (C=O) groups excluding carboxylic acids is 1. The van der Waals surface area contributed by atoms with Crippen molar-refractivity contribution >= 4 is 23.2 Å². The zero-order valence-corrected chi connectivity index (χ0v) is 13.4. The second kappa shape index (κ2) is 8.19. The lowest BCUT2D eigenvalue weighted by molar-refractivity contribution is -0.123. The van der Waals surface area contributed by atoms with E-state index < -0.39 is 5.97 Å². The van der Waals surface area contributed by atoms with Gasteiger partial charge in [0.15, 0.2) is 18.1 Å². The minimum absolute atomic E-state index is 0.0922. The summed E-state index contributed by atoms with van der Waals surface area (Å²) in [6, 6.07) is 8.21. The Morgan fingerprint density at radius 2 is 2.09 bits per heavy atom. The van der Waals surface area contributed by atoms with E-state index in [9.17, 15) is 9.59 Å². The number of carboxylic acid groups (broad SMARTS) is 1. The molecule has 2 aromatic rings. The first-order valence-corrected chi connectivity index (χ1v) is 7.81. The standard InChI is InChI=1S/C16H17NO5S/c1-21-14-9-11(16(19)20)4-5-13(14)22-10-15(18)17-7-6-12-3-2-8-23-12/h2-5,8-9H,6-7,10H2,1H3,(H,17,18)(H,19,20). The molecule has 7 heteroatoms. The van der Waals surface area contributed by atoms with Crippen molar-refractivity contribution in [3.05, 3.63) is 46.2 Å². The van der Waals surface area contributed by atoms with Gasteiger partial charge < -0.3 is 19.9 Å². The van der Waals surface area contributed by atoms with Crippen LogP contribution in [0, 0.1) is 0 Å². The summed E-state index contributed by atoms with van der Waals surface area (Å²) in [7, 11) is 1.41. The van der Waals surface area contributed by atoms with Gasteiger partial charge in [-0.15, -0.1) is 11.3 Å². The summed E-state index contributed by atoms with van der Waals surface area (Å²) in [5, 5.41) is 13.7. The van der Waals surface area contributed by atoms with E-state index in [1.165, 1.54) is 30.2 Å². The highest BCUT2D eigenvalue weighted by Crippen LogP contribution is 2.27. The Kier molecular flexibility index (Phi) is 5.99. The van der Waals surface area contributed by atoms with E-state index in [4.69, 9.17) is 14.6 Å². The summed E-state index contributed by atoms with van der Waals surface area (Å²) >= 11 is 1.65. The molecule has 2 rings (SSSR count). The average Bonchev–Trinajstić information content (AvgIpc) is 3.06. The summed E-state index contributed by atoms with van der Waals surface area (Å²) in [6.07, 6.45) is 0.778. The number of benzene rings is 1. The van der Waals surface area contributed by atoms with Crippen molar-refractivity contribution in [3.63, 3.8) is 0 Å². The fraction of sp³-hybridized carbons (Fsp3) is 0.250. The molecule has 0 unspecified atom stereocenters. The van der Waals surface area contributed by atoms with Crippen LogP contribution in [-0.4, -0.2) is 37.2 Å². The fourth-order valence-electron chi connectivity index (χ4n) is 1.89. The van der Waals surface area contributed by atoms with Gasteiger partial charge in [-0.25, -0.2) is 4.79 Å². The number of aromatic carboxylic acids is 1. The topological polar surface area (TPSA) is 84.9 Å². The number of hydrogen-bond acceptors (Lipinski definition) is 5. The molecule has 0 aliphatic rings. The number of nitrogens with one attached hydrogen (secondary N) is 1. The molecule has 2 N–H and O–H groups in total. The Hall–Kier alpha value is -2.54. The molecule has 0 aliphatic heterocycles. The Morgan fingerprint density at radius 3 is 2.74 bits per heavy atom. The molecule has 1 heterocycles. The van der Waals surface area contributed by atoms with Gasteiger partial charge in [0.1, 0.15) is 0 Å². The Balaban J connectivity index is 1.82. The summed E-state index contributed by atoms with van der Waals surface area (Å²) < 4.78 is 10.5. The number of thiophene rings is 1. The molecule has 0 bridgehead atoms. The molecule has 6 nitrogen and oxygen atoms in total. The molecule has 0 aliphatic carbocycles. The Bertz CT molecular complexity index is 669. The predicted molar refractivity (Wildman–Crippen MR) is 86.5 cm³/mol. The summed E-state index contributed by atoms with van der Waals surface area (Å²) in [4.78, 5) is 23.9. The van der Waals surface area contributed by atoms with Crippen LogP contribution < -0.4 is 14.8 Å². The van der Waals surface area contributed by atoms with Crippen molar-refractivity contribution < 1.29 is 24.2 Å². The molecule has 0 atom stereocenters. The second-order valence-corrected chi connectivity index (χ2v) is 5.67. The molecular formula is C16H17NO5S. The molecule has 0 fully saturated rings. The number of methoxy groups -OCH3 is 1. The second-order valence-electron chi connectivity index (χ2n) is 4.64. The van der Waals surface area contributed by atoms with E-state index in [0.717, 1.165) is 6.42 Å². The molecule has 1 aromatic heterocycles. The van der Waals surface area contributed by atoms with Gasteiger partial charge in [-0.2, -0.15) is 0 Å². The van der Waals surface area contributed by atoms with Crippen LogP contribution in [0.5, 0.6) is 11.5 Å². The molecule has 0 saturated carbocycles. The quantitative estimate of drug-likeness (QED) is 0.772. The van der Waals surface area contributed by atoms with Gasteiger partial charge in [0.05, 0.1) is 12.7 Å². The van der Waals surface area contributed by atoms with E-state index in [0.29, 0.717) is 12.3 Å². The number of amides is 1. The van der Waals surface area contributed by atoms with Crippen LogP contribution in [0.2, 0.25) is 0 Å². The monoisotopic (exact) mass is 335 g/mol. The highest BCUT2D eigenvalue weighted by atomic mass is 32.1. The maximum absolute atomic E-state index is 11.8. The molecule has 0 radical (unpaired) electrons. The minimum atomic E-state index is -1.05. The SMILES string of the molecule is COc1cc(C(=O)O)ccc1OCC(=O)NCCc1cccs1. The fourth-order valence-corrected chi connectivity index (χ4v) is 2.60. The van der Waals surface area contributed by atoms with Crippen LogP contribution in [0.15, 0.2) is 35.7 Å². The third-order valence-electron chi connectivity index (χ3n) is 3.04. The van der Waals surface area contributed by atoms with Gasteiger partial charge in [0, 0.05) is 11.4 Å². The van der Waals surface area contributed by atoms with Crippen molar-refractivity contribution in [1.29, 1.82) is 0 Å². The highest BCUT2D eigenvalue weighted by Gasteiger charge is 2.11. The normalized spacial score (nSPS) is 10.1. The maximum atomic E-state index is 11.8. The van der Waals surface area contributed by atoms with Gasteiger partial charge in [0.2, 0.25) is 0 Å². The van der Waals surface area contributed by atoms with E-state index in [-0.39, 0.29) is 23.8 Å². The van der Waals surface area contributed by atoms with Gasteiger partial charge >= 0.3 is 5.97 Å². The predicted octanol–water partition coefficient (Wildman–Crippen LogP) is 2.19. The zero-order chi connectivity index (χ0) is 16.7. The molecule has 1 amide bonds. The van der Waals surface area contributed by atoms with Crippen LogP contribution in [0.1, 0.15) is 15.2 Å². The summed E-state index contributed by atoms with van der Waals surface area (Å²) in [5.41, 5.74) is 0.0922. The third-order valence-corrected chi connectivity index (χ3v) is 3.98. The zero-order valence-electron chi connectivity index (χ0n) is 12.6. The van der Waals surface area contributed by atoms with Crippen LogP contribution in [0.3, 0.4) is 0 Å². The maximum Gasteiger partial charge on any atom is 0.335 e. The number of carboxylic acids is 1. The van der Waals surface area contributed by atoms with Gasteiger partial charge in [0.25, 0.3) is 5.91 Å². The van der Waals surface area contributed by atoms with Crippen molar-refractivity contribution in [2.45, 2.75) is 6.42 Å². The van der Waals surface area contributed by atoms with Crippen LogP contribution in [0.25, 0.3) is 0 Å². The van der Waals surface area contributed by atoms with E-state index in [1.807, 2.05) is 17.5 Å². The molecule has 0 saturated heterocycles. The number of hydrogen-bond donors (Lipinski definition) is 2. The van der Waals surface area contributed by atoms with Crippen molar-refractivity contribution in [1.82, 2.24) is 5.32 Å². The van der Waals surface area contributed by atoms with Crippen LogP contribution >= 0.6 is 11.3 Å². The lowest BCUT2D eigenvalue weighted by atomic mass is 10.2. The third kappa shape index (κ3) is 5.00. The van der Waals surface area contributed by atoms with Crippen molar-refractivity contribution in [2.75, 3.05) is 20.3 Å². The smallest absolute Gasteiger partial charge is 0.335 e. The molecule has 23 heavy (non-hydrogen) atoms. The van der Waals surface area contributed by atoms with Gasteiger partial charge in [-0.05, 0) is 36.1 Å². The summed E-state index contributed by atoms with van der Waals surface area (Å²) in [6.45, 7) is 0.380. The first kappa shape index (κ1) is 16.8. The lowest BCUT2D eigenvalue weighted by Gasteiger charge is -2.11. The Labute approximate surface area is 137 Å². The van der Waals surface area contributed by atoms with Crippen molar-refractivity contribution in [2.24, 2.45) is 0 Å². The van der Waals surface area contributed by atoms with E-state index in [1.54, 1.807) is 11.3 Å². The molecule has 0 spiro atoms. The lowest BCUT2D eigenvalue weighted by Crippen LogP contribution is -2.30. The molecule has 122 valence electrons. The molecule has 1 aromatic carbocycles. The van der Waals surface area contributed by atoms with Crippen molar-refractivity contribution in [3.8, 4) is 11.5 Å². The summed E-state index contributed by atoms with van der Waals surface area (Å²) in [5.74, 6) is -0.700. The number of carbonyl (C=O) groups is 2. The van der Waals surface area contributed by atoms with E-state index >= 15 is 0 Å². The number of ether oxygens (including phenoxy) is 2. The first-order valence-electron chi connectivity index (χ1n) is 6.93. The van der Waals surface area contributed by atoms with Crippen LogP contribution in [-0.2, 0) is 11.2 Å². The van der Waals surface area contributed by atoms with Gasteiger partial charge in [-0.3, -0.25) is 4.79 Å². The highest BCUT2D eigenvalue weighted by molar-refractivity contribution is 7.09. The average molecular weight is 335 g/mol. The Morgan fingerprint density at radius 1 is 1.26 bits per heavy atom. The van der Waals surface area contributed by atoms with Gasteiger partial charge in [-0.1, -0.05) is 6.07 Å². The van der Waals surface area contributed by atoms with Crippen LogP contribution in [0.4, 0.5) is 0 Å². The largest absolute Gasteiger partial charge is 0.493 e. The first-order chi connectivity index (χ1) is 11.1. The number of rotatable bonds is 8. The van der Waals surface area contributed by atoms with E-state index in [2.05, 4.69) is 5.32 Å². The molecular weight excluding hydrogens is 318 g/mol. The minimum Gasteiger partial charge on any atom is -0.493 e.